The average molecular weight is 314 g/mol. The number of carbonyl (C=O) groups is 1. The Balaban J connectivity index is 2.46. The van der Waals surface area contributed by atoms with E-state index in [1.807, 2.05) is 24.3 Å². The summed E-state index contributed by atoms with van der Waals surface area (Å²) in [5, 5.41) is 12.8. The number of para-hydroxylation sites is 1. The molecule has 2 rings (SSSR count). The summed E-state index contributed by atoms with van der Waals surface area (Å²) in [6.45, 7) is 0. The molecule has 0 aliphatic carbocycles. The Morgan fingerprint density at radius 3 is 2.73 bits per heavy atom. The number of carboxylic acids is 1. The van der Waals surface area contributed by atoms with E-state index < -0.39 is 5.97 Å². The van der Waals surface area contributed by atoms with Crippen molar-refractivity contribution in [1.29, 1.82) is 0 Å². The minimum Gasteiger partial charge on any atom is -0.478 e. The third-order valence-electron chi connectivity index (χ3n) is 1.93. The Morgan fingerprint density at radius 2 is 2.13 bits per heavy atom. The minimum atomic E-state index is -0.966. The average Bonchev–Trinajstić information content (AvgIpc) is 2.67. The molecule has 0 fully saturated rings. The molecule has 0 saturated heterocycles. The van der Waals surface area contributed by atoms with Gasteiger partial charge in [-0.3, -0.25) is 0 Å². The molecule has 0 radical (unpaired) electrons. The summed E-state index contributed by atoms with van der Waals surface area (Å²) in [7, 11) is 0. The van der Waals surface area contributed by atoms with Crippen molar-refractivity contribution in [2.45, 2.75) is 0 Å². The zero-order valence-electron chi connectivity index (χ0n) is 7.59. The zero-order valence-corrected chi connectivity index (χ0v) is 9.75. The number of rotatable bonds is 2. The summed E-state index contributed by atoms with van der Waals surface area (Å²) >= 11 is 2.18. The molecule has 1 N–H and O–H groups in total. The van der Waals surface area contributed by atoms with Gasteiger partial charge in [-0.25, -0.2) is 9.48 Å². The van der Waals surface area contributed by atoms with Crippen molar-refractivity contribution >= 4 is 28.6 Å². The van der Waals surface area contributed by atoms with E-state index in [2.05, 4.69) is 27.7 Å². The number of halogens is 1. The maximum atomic E-state index is 10.7. The Bertz CT molecular complexity index is 508. The maximum Gasteiger partial charge on any atom is 0.338 e. The first-order valence-electron chi connectivity index (χ1n) is 4.21. The molecule has 0 aliphatic rings. The van der Waals surface area contributed by atoms with Crippen molar-refractivity contribution in [2.75, 3.05) is 0 Å². The molecule has 5 heteroatoms. The van der Waals surface area contributed by atoms with E-state index in [9.17, 15) is 4.79 Å². The quantitative estimate of drug-likeness (QED) is 0.865. The lowest BCUT2D eigenvalue weighted by atomic mass is 10.3. The first-order valence-corrected chi connectivity index (χ1v) is 5.29. The van der Waals surface area contributed by atoms with Crippen LogP contribution in [0.3, 0.4) is 0 Å². The van der Waals surface area contributed by atoms with Gasteiger partial charge in [-0.1, -0.05) is 12.1 Å². The summed E-state index contributed by atoms with van der Waals surface area (Å²) in [6.07, 6.45) is 2.84. The second-order valence-corrected chi connectivity index (χ2v) is 4.09. The highest BCUT2D eigenvalue weighted by Gasteiger charge is 2.08. The smallest absolute Gasteiger partial charge is 0.338 e. The Labute approximate surface area is 99.7 Å². The number of aromatic nitrogens is 2. The van der Waals surface area contributed by atoms with Crippen LogP contribution in [0.5, 0.6) is 0 Å². The molecule has 4 nitrogen and oxygen atoms in total. The van der Waals surface area contributed by atoms with Gasteiger partial charge in [0.25, 0.3) is 0 Å². The van der Waals surface area contributed by atoms with E-state index in [1.165, 1.54) is 12.4 Å². The largest absolute Gasteiger partial charge is 0.478 e. The zero-order chi connectivity index (χ0) is 10.8. The van der Waals surface area contributed by atoms with Gasteiger partial charge in [0.2, 0.25) is 0 Å². The highest BCUT2D eigenvalue weighted by molar-refractivity contribution is 14.1. The molecule has 0 spiro atoms. The lowest BCUT2D eigenvalue weighted by molar-refractivity contribution is 0.0697. The van der Waals surface area contributed by atoms with Gasteiger partial charge in [0.05, 0.1) is 17.4 Å². The fraction of sp³-hybridized carbons (Fsp3) is 0. The first-order chi connectivity index (χ1) is 7.18. The van der Waals surface area contributed by atoms with Crippen LogP contribution in [0, 0.1) is 3.57 Å². The van der Waals surface area contributed by atoms with Crippen molar-refractivity contribution in [3.8, 4) is 5.69 Å². The van der Waals surface area contributed by atoms with Crippen molar-refractivity contribution in [3.05, 3.63) is 45.8 Å². The standard InChI is InChI=1S/C10H7IN2O2/c11-8-3-1-2-4-9(8)13-6-7(5-12-13)10(14)15/h1-6H,(H,14,15). The molecule has 0 aliphatic heterocycles. The molecule has 0 saturated carbocycles. The Morgan fingerprint density at radius 1 is 1.40 bits per heavy atom. The molecule has 1 aromatic carbocycles. The maximum absolute atomic E-state index is 10.7. The molecule has 2 aromatic rings. The van der Waals surface area contributed by atoms with E-state index in [4.69, 9.17) is 5.11 Å². The number of hydrogen-bond acceptors (Lipinski definition) is 2. The van der Waals surface area contributed by atoms with Crippen molar-refractivity contribution in [3.63, 3.8) is 0 Å². The monoisotopic (exact) mass is 314 g/mol. The van der Waals surface area contributed by atoms with Gasteiger partial charge in [0.1, 0.15) is 0 Å². The molecule has 1 aromatic heterocycles. The molecular formula is C10H7IN2O2. The third-order valence-corrected chi connectivity index (χ3v) is 2.84. The fourth-order valence-electron chi connectivity index (χ4n) is 1.20. The van der Waals surface area contributed by atoms with Crippen LogP contribution in [-0.4, -0.2) is 20.9 Å². The summed E-state index contributed by atoms with van der Waals surface area (Å²) in [5.41, 5.74) is 1.07. The molecule has 0 bridgehead atoms. The Hall–Kier alpha value is -1.37. The van der Waals surface area contributed by atoms with Crippen molar-refractivity contribution in [1.82, 2.24) is 9.78 Å². The van der Waals surface area contributed by atoms with Gasteiger partial charge in [0.15, 0.2) is 0 Å². The van der Waals surface area contributed by atoms with Gasteiger partial charge in [-0.05, 0) is 34.7 Å². The van der Waals surface area contributed by atoms with Crippen LogP contribution in [0.15, 0.2) is 36.7 Å². The molecule has 0 unspecified atom stereocenters. The highest BCUT2D eigenvalue weighted by atomic mass is 127. The van der Waals surface area contributed by atoms with Crippen LogP contribution in [0.2, 0.25) is 0 Å². The van der Waals surface area contributed by atoms with E-state index >= 15 is 0 Å². The number of hydrogen-bond donors (Lipinski definition) is 1. The second-order valence-electron chi connectivity index (χ2n) is 2.93. The molecule has 0 amide bonds. The van der Waals surface area contributed by atoms with Gasteiger partial charge in [-0.15, -0.1) is 0 Å². The predicted molar refractivity (Wildman–Crippen MR) is 63.2 cm³/mol. The van der Waals surface area contributed by atoms with Gasteiger partial charge in [-0.2, -0.15) is 5.10 Å². The second kappa shape index (κ2) is 4.01. The van der Waals surface area contributed by atoms with Crippen LogP contribution >= 0.6 is 22.6 Å². The molecule has 0 atom stereocenters. The van der Waals surface area contributed by atoms with E-state index in [1.54, 1.807) is 4.68 Å². The molecule has 15 heavy (non-hydrogen) atoms. The first kappa shape index (κ1) is 10.2. The Kier molecular flexibility index (Phi) is 2.72. The van der Waals surface area contributed by atoms with E-state index in [0.29, 0.717) is 0 Å². The van der Waals surface area contributed by atoms with Crippen LogP contribution in [-0.2, 0) is 0 Å². The lowest BCUT2D eigenvalue weighted by Gasteiger charge is -2.02. The normalized spacial score (nSPS) is 10.2. The van der Waals surface area contributed by atoms with Crippen LogP contribution in [0.1, 0.15) is 10.4 Å². The van der Waals surface area contributed by atoms with Crippen LogP contribution < -0.4 is 0 Å². The predicted octanol–water partition coefficient (Wildman–Crippen LogP) is 2.18. The summed E-state index contributed by atoms with van der Waals surface area (Å²) in [5.74, 6) is -0.966. The van der Waals surface area contributed by atoms with Crippen LogP contribution in [0.25, 0.3) is 5.69 Å². The summed E-state index contributed by atoms with van der Waals surface area (Å²) in [4.78, 5) is 10.7. The van der Waals surface area contributed by atoms with Gasteiger partial charge >= 0.3 is 5.97 Å². The van der Waals surface area contributed by atoms with E-state index in [0.717, 1.165) is 9.26 Å². The lowest BCUT2D eigenvalue weighted by Crippen LogP contribution is -1.97. The van der Waals surface area contributed by atoms with Crippen molar-refractivity contribution in [2.24, 2.45) is 0 Å². The molecule has 76 valence electrons. The fourth-order valence-corrected chi connectivity index (χ4v) is 1.84. The van der Waals surface area contributed by atoms with Gasteiger partial charge in [0, 0.05) is 9.77 Å². The number of carboxylic acid groups (broad SMARTS) is 1. The van der Waals surface area contributed by atoms with E-state index in [-0.39, 0.29) is 5.56 Å². The summed E-state index contributed by atoms with van der Waals surface area (Å²) in [6, 6.07) is 7.64. The topological polar surface area (TPSA) is 55.1 Å². The number of nitrogens with zero attached hydrogens (tertiary/aromatic N) is 2. The highest BCUT2D eigenvalue weighted by Crippen LogP contribution is 2.16. The number of benzene rings is 1. The van der Waals surface area contributed by atoms with Crippen LogP contribution in [0.4, 0.5) is 0 Å². The third kappa shape index (κ3) is 2.01. The summed E-state index contributed by atoms with van der Waals surface area (Å²) < 4.78 is 2.58. The number of aromatic carboxylic acids is 1. The molecule has 1 heterocycles. The minimum absolute atomic E-state index is 0.189. The van der Waals surface area contributed by atoms with Crippen molar-refractivity contribution < 1.29 is 9.90 Å². The SMILES string of the molecule is O=C(O)c1cnn(-c2ccccc2I)c1. The van der Waals surface area contributed by atoms with Gasteiger partial charge < -0.3 is 5.11 Å². The molecular weight excluding hydrogens is 307 g/mol.